The first-order valence-corrected chi connectivity index (χ1v) is 4.21. The van der Waals surface area contributed by atoms with Crippen LogP contribution in [0.3, 0.4) is 0 Å². The van der Waals surface area contributed by atoms with Crippen molar-refractivity contribution in [2.24, 2.45) is 7.05 Å². The van der Waals surface area contributed by atoms with Crippen molar-refractivity contribution in [1.29, 1.82) is 0 Å². The fourth-order valence-electron chi connectivity index (χ4n) is 1.21. The predicted octanol–water partition coefficient (Wildman–Crippen LogP) is 0.989. The van der Waals surface area contributed by atoms with Crippen LogP contribution in [0.25, 0.3) is 0 Å². The number of aromatic nitrogens is 3. The lowest BCUT2D eigenvalue weighted by molar-refractivity contribution is 0.0881. The molecule has 0 aliphatic rings. The first-order chi connectivity index (χ1) is 6.00. The third-order valence-electron chi connectivity index (χ3n) is 2.41. The van der Waals surface area contributed by atoms with Crippen molar-refractivity contribution in [2.75, 3.05) is 0 Å². The molecule has 0 aliphatic carbocycles. The summed E-state index contributed by atoms with van der Waals surface area (Å²) in [5.41, 5.74) is 0.605. The minimum absolute atomic E-state index is 0.697. The van der Waals surface area contributed by atoms with E-state index < -0.39 is 5.60 Å². The van der Waals surface area contributed by atoms with Gasteiger partial charge in [-0.1, -0.05) is 11.3 Å². The molecule has 13 heavy (non-hydrogen) atoms. The lowest BCUT2D eigenvalue weighted by atomic mass is 9.94. The lowest BCUT2D eigenvalue weighted by Gasteiger charge is -2.23. The molecule has 4 heteroatoms. The molecule has 0 spiro atoms. The van der Waals surface area contributed by atoms with E-state index in [-0.39, 0.29) is 0 Å². The summed E-state index contributed by atoms with van der Waals surface area (Å²) < 4.78 is 1.58. The number of hydrogen-bond acceptors (Lipinski definition) is 3. The van der Waals surface area contributed by atoms with Gasteiger partial charge in [0.1, 0.15) is 5.60 Å². The first-order valence-electron chi connectivity index (χ1n) is 4.21. The molecule has 0 saturated carbocycles. The maximum absolute atomic E-state index is 10.2. The Kier molecular flexibility index (Phi) is 2.52. The van der Waals surface area contributed by atoms with Gasteiger partial charge in [0.05, 0.1) is 11.9 Å². The molecule has 1 rings (SSSR count). The Hall–Kier alpha value is -1.16. The molecule has 1 heterocycles. The fourth-order valence-corrected chi connectivity index (χ4v) is 1.21. The molecule has 4 nitrogen and oxygen atoms in total. The van der Waals surface area contributed by atoms with Crippen LogP contribution < -0.4 is 0 Å². The van der Waals surface area contributed by atoms with Crippen LogP contribution in [0, 0.1) is 0 Å². The van der Waals surface area contributed by atoms with Crippen LogP contribution in [-0.2, 0) is 12.6 Å². The third-order valence-corrected chi connectivity index (χ3v) is 2.41. The summed E-state index contributed by atoms with van der Waals surface area (Å²) >= 11 is 0. The number of aryl methyl sites for hydroxylation is 1. The van der Waals surface area contributed by atoms with Crippen molar-refractivity contribution in [3.8, 4) is 0 Å². The van der Waals surface area contributed by atoms with E-state index in [0.29, 0.717) is 5.69 Å². The van der Waals surface area contributed by atoms with Crippen LogP contribution in [0.15, 0.2) is 17.8 Å². The van der Waals surface area contributed by atoms with Crippen molar-refractivity contribution in [3.05, 3.63) is 23.5 Å². The SMILES string of the molecule is C/C=C(\C)C(C)(O)c1cnnn1C. The smallest absolute Gasteiger partial charge is 0.126 e. The second-order valence-electron chi connectivity index (χ2n) is 3.29. The highest BCUT2D eigenvalue weighted by Gasteiger charge is 2.28. The second kappa shape index (κ2) is 3.30. The molecule has 1 unspecified atom stereocenters. The van der Waals surface area contributed by atoms with E-state index in [4.69, 9.17) is 0 Å². The van der Waals surface area contributed by atoms with Gasteiger partial charge >= 0.3 is 0 Å². The van der Waals surface area contributed by atoms with E-state index in [0.717, 1.165) is 5.57 Å². The normalized spacial score (nSPS) is 17.2. The predicted molar refractivity (Wildman–Crippen MR) is 50.0 cm³/mol. The number of nitrogens with zero attached hydrogens (tertiary/aromatic N) is 3. The maximum atomic E-state index is 10.2. The van der Waals surface area contributed by atoms with Crippen molar-refractivity contribution in [1.82, 2.24) is 15.0 Å². The molecule has 1 N–H and O–H groups in total. The van der Waals surface area contributed by atoms with Gasteiger partial charge in [-0.2, -0.15) is 0 Å². The van der Waals surface area contributed by atoms with Crippen LogP contribution in [0.2, 0.25) is 0 Å². The zero-order chi connectivity index (χ0) is 10.1. The van der Waals surface area contributed by atoms with E-state index in [1.54, 1.807) is 24.9 Å². The Morgan fingerprint density at radius 1 is 1.69 bits per heavy atom. The van der Waals surface area contributed by atoms with E-state index >= 15 is 0 Å². The Labute approximate surface area is 77.9 Å². The van der Waals surface area contributed by atoms with Crippen LogP contribution in [0.5, 0.6) is 0 Å². The number of rotatable bonds is 2. The highest BCUT2D eigenvalue weighted by molar-refractivity contribution is 5.22. The van der Waals surface area contributed by atoms with Gasteiger partial charge in [0.15, 0.2) is 0 Å². The van der Waals surface area contributed by atoms with Crippen molar-refractivity contribution in [3.63, 3.8) is 0 Å². The molecule has 0 aromatic carbocycles. The molecule has 0 radical (unpaired) electrons. The molecule has 0 aliphatic heterocycles. The average Bonchev–Trinajstić information content (AvgIpc) is 2.50. The van der Waals surface area contributed by atoms with Gasteiger partial charge < -0.3 is 5.11 Å². The highest BCUT2D eigenvalue weighted by atomic mass is 16.3. The van der Waals surface area contributed by atoms with E-state index in [1.165, 1.54) is 0 Å². The molecular formula is C9H15N3O. The summed E-state index contributed by atoms with van der Waals surface area (Å²) in [5.74, 6) is 0. The van der Waals surface area contributed by atoms with Crippen LogP contribution in [0.1, 0.15) is 26.5 Å². The van der Waals surface area contributed by atoms with Gasteiger partial charge in [0.25, 0.3) is 0 Å². The fraction of sp³-hybridized carbons (Fsp3) is 0.556. The van der Waals surface area contributed by atoms with Crippen LogP contribution in [-0.4, -0.2) is 20.1 Å². The Balaban J connectivity index is 3.14. The van der Waals surface area contributed by atoms with Crippen LogP contribution in [0.4, 0.5) is 0 Å². The van der Waals surface area contributed by atoms with E-state index in [2.05, 4.69) is 10.3 Å². The van der Waals surface area contributed by atoms with Crippen molar-refractivity contribution < 1.29 is 5.11 Å². The van der Waals surface area contributed by atoms with E-state index in [9.17, 15) is 5.11 Å². The summed E-state index contributed by atoms with van der Waals surface area (Å²) in [6.07, 6.45) is 3.46. The van der Waals surface area contributed by atoms with Gasteiger partial charge in [0.2, 0.25) is 0 Å². The molecule has 0 amide bonds. The largest absolute Gasteiger partial charge is 0.379 e. The summed E-state index contributed by atoms with van der Waals surface area (Å²) in [6.45, 7) is 5.52. The molecule has 0 fully saturated rings. The van der Waals surface area contributed by atoms with Gasteiger partial charge in [-0.15, -0.1) is 5.10 Å². The number of hydrogen-bond donors (Lipinski definition) is 1. The molecule has 72 valence electrons. The summed E-state index contributed by atoms with van der Waals surface area (Å²) in [5, 5.41) is 17.7. The van der Waals surface area contributed by atoms with Gasteiger partial charge in [-0.25, -0.2) is 4.68 Å². The first kappa shape index (κ1) is 9.92. The molecule has 1 aromatic heterocycles. The average molecular weight is 181 g/mol. The topological polar surface area (TPSA) is 50.9 Å². The number of allylic oxidation sites excluding steroid dienone is 1. The second-order valence-corrected chi connectivity index (χ2v) is 3.29. The lowest BCUT2D eigenvalue weighted by Crippen LogP contribution is -2.25. The third kappa shape index (κ3) is 1.62. The highest BCUT2D eigenvalue weighted by Crippen LogP contribution is 2.26. The monoisotopic (exact) mass is 181 g/mol. The Morgan fingerprint density at radius 2 is 2.31 bits per heavy atom. The molecule has 1 aromatic rings. The van der Waals surface area contributed by atoms with Gasteiger partial charge in [0, 0.05) is 7.05 Å². The van der Waals surface area contributed by atoms with Crippen molar-refractivity contribution >= 4 is 0 Å². The zero-order valence-electron chi connectivity index (χ0n) is 8.44. The molecule has 1 atom stereocenters. The Bertz CT molecular complexity index is 325. The molecule has 0 bridgehead atoms. The molecular weight excluding hydrogens is 166 g/mol. The standard InChI is InChI=1S/C9H15N3O/c1-5-7(2)9(3,13)8-6-10-11-12(8)4/h5-6,13H,1-4H3/b7-5+. The number of aliphatic hydroxyl groups is 1. The minimum atomic E-state index is -0.979. The van der Waals surface area contributed by atoms with Gasteiger partial charge in [-0.3, -0.25) is 0 Å². The van der Waals surface area contributed by atoms with E-state index in [1.807, 2.05) is 19.9 Å². The van der Waals surface area contributed by atoms with Gasteiger partial charge in [-0.05, 0) is 26.3 Å². The zero-order valence-corrected chi connectivity index (χ0v) is 8.44. The minimum Gasteiger partial charge on any atom is -0.379 e. The maximum Gasteiger partial charge on any atom is 0.126 e. The van der Waals surface area contributed by atoms with Crippen molar-refractivity contribution in [2.45, 2.75) is 26.4 Å². The summed E-state index contributed by atoms with van der Waals surface area (Å²) in [7, 11) is 1.76. The van der Waals surface area contributed by atoms with Crippen LogP contribution >= 0.6 is 0 Å². The summed E-state index contributed by atoms with van der Waals surface area (Å²) in [6, 6.07) is 0. The Morgan fingerprint density at radius 3 is 2.69 bits per heavy atom. The quantitative estimate of drug-likeness (QED) is 0.692. The molecule has 0 saturated heterocycles. The summed E-state index contributed by atoms with van der Waals surface area (Å²) in [4.78, 5) is 0.